The lowest BCUT2D eigenvalue weighted by molar-refractivity contribution is 0.0690. The normalized spacial score (nSPS) is 15.7. The molecule has 0 unspecified atom stereocenters. The van der Waals surface area contributed by atoms with Crippen molar-refractivity contribution in [1.82, 2.24) is 25.2 Å². The average molecular weight is 295 g/mol. The maximum atomic E-state index is 12.1. The molecule has 0 aromatic carbocycles. The van der Waals surface area contributed by atoms with Gasteiger partial charge in [-0.05, 0) is 20.3 Å². The van der Waals surface area contributed by atoms with E-state index in [2.05, 4.69) is 22.6 Å². The molecular formula is C13H21N5O3. The highest BCUT2D eigenvalue weighted by molar-refractivity contribution is 5.84. The molecule has 1 aromatic rings. The van der Waals surface area contributed by atoms with E-state index in [1.165, 1.54) is 10.9 Å². The summed E-state index contributed by atoms with van der Waals surface area (Å²) in [6.07, 6.45) is 3.32. The number of carbonyl (C=O) groups excluding carboxylic acids is 1. The Kier molecular flexibility index (Phi) is 4.15. The second-order valence-corrected chi connectivity index (χ2v) is 6.01. The molecule has 1 fully saturated rings. The van der Waals surface area contributed by atoms with Gasteiger partial charge in [-0.15, -0.1) is 5.10 Å². The van der Waals surface area contributed by atoms with Crippen LogP contribution in [0.25, 0.3) is 0 Å². The summed E-state index contributed by atoms with van der Waals surface area (Å²) in [4.78, 5) is 24.5. The molecular weight excluding hydrogens is 274 g/mol. The fourth-order valence-corrected chi connectivity index (χ4v) is 2.40. The van der Waals surface area contributed by atoms with Gasteiger partial charge in [0.15, 0.2) is 5.69 Å². The van der Waals surface area contributed by atoms with Crippen molar-refractivity contribution < 1.29 is 14.7 Å². The van der Waals surface area contributed by atoms with Gasteiger partial charge in [0.1, 0.15) is 0 Å². The number of aromatic nitrogens is 3. The number of carboxylic acid groups (broad SMARTS) is 1. The predicted octanol–water partition coefficient (Wildman–Crippen LogP) is 1.12. The standard InChI is InChI=1S/C13H21N5O3/c1-4-5-13(2,3)14-12(21)17-6-9(7-17)18-8-10(11(19)20)15-16-18/h8-9H,4-7H2,1-3H3,(H,14,21)(H,19,20). The van der Waals surface area contributed by atoms with Crippen molar-refractivity contribution in [2.45, 2.75) is 45.2 Å². The Morgan fingerprint density at radius 3 is 2.67 bits per heavy atom. The molecule has 1 aliphatic heterocycles. The summed E-state index contributed by atoms with van der Waals surface area (Å²) in [6.45, 7) is 7.11. The third kappa shape index (κ3) is 3.50. The van der Waals surface area contributed by atoms with Gasteiger partial charge in [0, 0.05) is 18.6 Å². The van der Waals surface area contributed by atoms with Crippen LogP contribution in [0, 0.1) is 0 Å². The van der Waals surface area contributed by atoms with E-state index in [0.717, 1.165) is 12.8 Å². The van der Waals surface area contributed by atoms with Crippen LogP contribution in [0.15, 0.2) is 6.20 Å². The number of carboxylic acids is 1. The molecule has 8 nitrogen and oxygen atoms in total. The van der Waals surface area contributed by atoms with Gasteiger partial charge in [0.2, 0.25) is 0 Å². The predicted molar refractivity (Wildman–Crippen MR) is 75.1 cm³/mol. The van der Waals surface area contributed by atoms with Crippen LogP contribution in [0.3, 0.4) is 0 Å². The number of hydrogen-bond acceptors (Lipinski definition) is 4. The number of nitrogens with zero attached hydrogens (tertiary/aromatic N) is 4. The first-order valence-electron chi connectivity index (χ1n) is 7.04. The molecule has 8 heteroatoms. The van der Waals surface area contributed by atoms with Crippen molar-refractivity contribution in [2.75, 3.05) is 13.1 Å². The topological polar surface area (TPSA) is 100 Å². The van der Waals surface area contributed by atoms with E-state index in [-0.39, 0.29) is 23.3 Å². The van der Waals surface area contributed by atoms with Crippen molar-refractivity contribution in [1.29, 1.82) is 0 Å². The van der Waals surface area contributed by atoms with E-state index in [1.54, 1.807) is 4.90 Å². The number of carbonyl (C=O) groups is 2. The van der Waals surface area contributed by atoms with E-state index in [1.807, 2.05) is 13.8 Å². The summed E-state index contributed by atoms with van der Waals surface area (Å²) in [6, 6.07) is -0.103. The Hall–Kier alpha value is -2.12. The maximum Gasteiger partial charge on any atom is 0.358 e. The summed E-state index contributed by atoms with van der Waals surface area (Å²) in [5.74, 6) is -1.10. The van der Waals surface area contributed by atoms with Crippen molar-refractivity contribution >= 4 is 12.0 Å². The zero-order chi connectivity index (χ0) is 15.6. The SMILES string of the molecule is CCCC(C)(C)NC(=O)N1CC(n2cc(C(=O)O)nn2)C1. The first kappa shape index (κ1) is 15.3. The highest BCUT2D eigenvalue weighted by Crippen LogP contribution is 2.21. The average Bonchev–Trinajstić information content (AvgIpc) is 2.75. The smallest absolute Gasteiger partial charge is 0.358 e. The zero-order valence-corrected chi connectivity index (χ0v) is 12.5. The number of rotatable bonds is 5. The van der Waals surface area contributed by atoms with Gasteiger partial charge in [-0.2, -0.15) is 0 Å². The Labute approximate surface area is 123 Å². The Bertz CT molecular complexity index is 534. The van der Waals surface area contributed by atoms with Crippen molar-refractivity contribution in [3.05, 3.63) is 11.9 Å². The molecule has 1 saturated heterocycles. The van der Waals surface area contributed by atoms with Crippen molar-refractivity contribution in [2.24, 2.45) is 0 Å². The molecule has 0 spiro atoms. The number of urea groups is 1. The Balaban J connectivity index is 1.85. The number of hydrogen-bond donors (Lipinski definition) is 2. The lowest BCUT2D eigenvalue weighted by Crippen LogP contribution is -2.58. The fraction of sp³-hybridized carbons (Fsp3) is 0.692. The second kappa shape index (κ2) is 5.71. The van der Waals surface area contributed by atoms with Crippen LogP contribution in [0.1, 0.15) is 50.1 Å². The first-order chi connectivity index (χ1) is 9.82. The summed E-state index contributed by atoms with van der Waals surface area (Å²) in [7, 11) is 0. The quantitative estimate of drug-likeness (QED) is 0.848. The molecule has 1 aliphatic rings. The van der Waals surface area contributed by atoms with E-state index >= 15 is 0 Å². The van der Waals surface area contributed by atoms with Crippen LogP contribution >= 0.6 is 0 Å². The van der Waals surface area contributed by atoms with Gasteiger partial charge >= 0.3 is 12.0 Å². The van der Waals surface area contributed by atoms with Gasteiger partial charge in [-0.25, -0.2) is 14.3 Å². The molecule has 0 saturated carbocycles. The third-order valence-corrected chi connectivity index (χ3v) is 3.57. The molecule has 2 rings (SSSR count). The van der Waals surface area contributed by atoms with Crippen LogP contribution < -0.4 is 5.32 Å². The number of aromatic carboxylic acids is 1. The first-order valence-corrected chi connectivity index (χ1v) is 7.04. The van der Waals surface area contributed by atoms with Crippen LogP contribution in [0.2, 0.25) is 0 Å². The van der Waals surface area contributed by atoms with Crippen LogP contribution in [-0.4, -0.2) is 55.6 Å². The molecule has 2 N–H and O–H groups in total. The minimum Gasteiger partial charge on any atom is -0.476 e. The van der Waals surface area contributed by atoms with Crippen LogP contribution in [-0.2, 0) is 0 Å². The van der Waals surface area contributed by atoms with Crippen molar-refractivity contribution in [3.8, 4) is 0 Å². The second-order valence-electron chi connectivity index (χ2n) is 6.01. The largest absolute Gasteiger partial charge is 0.476 e. The molecule has 116 valence electrons. The number of nitrogens with one attached hydrogen (secondary N) is 1. The lowest BCUT2D eigenvalue weighted by atomic mass is 9.99. The third-order valence-electron chi connectivity index (χ3n) is 3.57. The van der Waals surface area contributed by atoms with E-state index in [9.17, 15) is 9.59 Å². The van der Waals surface area contributed by atoms with Crippen LogP contribution in [0.4, 0.5) is 4.79 Å². The van der Waals surface area contributed by atoms with E-state index in [0.29, 0.717) is 13.1 Å². The molecule has 21 heavy (non-hydrogen) atoms. The molecule has 0 atom stereocenters. The summed E-state index contributed by atoms with van der Waals surface area (Å²) in [5.41, 5.74) is -0.303. The fourth-order valence-electron chi connectivity index (χ4n) is 2.40. The number of likely N-dealkylation sites (tertiary alicyclic amines) is 1. The summed E-state index contributed by atoms with van der Waals surface area (Å²) >= 11 is 0. The van der Waals surface area contributed by atoms with Gasteiger partial charge in [0.25, 0.3) is 0 Å². The van der Waals surface area contributed by atoms with Gasteiger partial charge < -0.3 is 15.3 Å². The van der Waals surface area contributed by atoms with Gasteiger partial charge in [0.05, 0.1) is 12.2 Å². The minimum atomic E-state index is -1.10. The molecule has 0 aliphatic carbocycles. The van der Waals surface area contributed by atoms with Gasteiger partial charge in [-0.3, -0.25) is 0 Å². The Morgan fingerprint density at radius 1 is 1.48 bits per heavy atom. The molecule has 0 radical (unpaired) electrons. The van der Waals surface area contributed by atoms with Crippen molar-refractivity contribution in [3.63, 3.8) is 0 Å². The molecule has 1 aromatic heterocycles. The summed E-state index contributed by atoms with van der Waals surface area (Å²) in [5, 5.41) is 19.2. The highest BCUT2D eigenvalue weighted by atomic mass is 16.4. The molecule has 0 bridgehead atoms. The number of amides is 2. The molecule has 2 amide bonds. The molecule has 2 heterocycles. The zero-order valence-electron chi connectivity index (χ0n) is 12.5. The van der Waals surface area contributed by atoms with E-state index < -0.39 is 5.97 Å². The van der Waals surface area contributed by atoms with Gasteiger partial charge in [-0.1, -0.05) is 18.6 Å². The Morgan fingerprint density at radius 2 is 2.14 bits per heavy atom. The van der Waals surface area contributed by atoms with Crippen LogP contribution in [0.5, 0.6) is 0 Å². The van der Waals surface area contributed by atoms with E-state index in [4.69, 9.17) is 5.11 Å². The maximum absolute atomic E-state index is 12.1. The highest BCUT2D eigenvalue weighted by Gasteiger charge is 2.34. The lowest BCUT2D eigenvalue weighted by Gasteiger charge is -2.40. The summed E-state index contributed by atoms with van der Waals surface area (Å²) < 4.78 is 1.50. The monoisotopic (exact) mass is 295 g/mol. The minimum absolute atomic E-state index is 0.00867.